The maximum atomic E-state index is 11.3. The first-order valence-electron chi connectivity index (χ1n) is 7.30. The highest BCUT2D eigenvalue weighted by Gasteiger charge is 2.38. The molecule has 0 heterocycles. The Bertz CT molecular complexity index is 515. The Morgan fingerprint density at radius 1 is 1.38 bits per heavy atom. The van der Waals surface area contributed by atoms with Crippen LogP contribution in [0.25, 0.3) is 0 Å². The van der Waals surface area contributed by atoms with Crippen LogP contribution in [0.3, 0.4) is 0 Å². The predicted molar refractivity (Wildman–Crippen MR) is 88.7 cm³/mol. The van der Waals surface area contributed by atoms with Crippen molar-refractivity contribution in [2.45, 2.75) is 50.6 Å². The van der Waals surface area contributed by atoms with Crippen molar-refractivity contribution < 1.29 is 9.90 Å². The highest BCUT2D eigenvalue weighted by Crippen LogP contribution is 2.37. The van der Waals surface area contributed by atoms with Gasteiger partial charge < -0.3 is 5.11 Å². The molecule has 0 atom stereocenters. The summed E-state index contributed by atoms with van der Waals surface area (Å²) in [5.41, 5.74) is 0.917. The largest absolute Gasteiger partial charge is 0.481 e. The van der Waals surface area contributed by atoms with Gasteiger partial charge >= 0.3 is 5.97 Å². The van der Waals surface area contributed by atoms with Crippen molar-refractivity contribution in [2.24, 2.45) is 0 Å². The zero-order valence-corrected chi connectivity index (χ0v) is 14.6. The molecular formula is C16H21BrClNO2. The minimum absolute atomic E-state index is 0.217. The molecule has 116 valence electrons. The summed E-state index contributed by atoms with van der Waals surface area (Å²) in [7, 11) is 2.04. The van der Waals surface area contributed by atoms with Crippen molar-refractivity contribution in [1.29, 1.82) is 0 Å². The monoisotopic (exact) mass is 373 g/mol. The normalized spacial score (nSPS) is 17.9. The molecule has 0 radical (unpaired) electrons. The second-order valence-corrected chi connectivity index (χ2v) is 7.24. The van der Waals surface area contributed by atoms with Gasteiger partial charge in [-0.15, -0.1) is 0 Å². The summed E-state index contributed by atoms with van der Waals surface area (Å²) in [6.45, 7) is 0.727. The van der Waals surface area contributed by atoms with Crippen LogP contribution in [0.1, 0.15) is 44.1 Å². The van der Waals surface area contributed by atoms with Crippen molar-refractivity contribution in [2.75, 3.05) is 7.05 Å². The summed E-state index contributed by atoms with van der Waals surface area (Å²) < 4.78 is 0.975. The molecule has 0 bridgehead atoms. The van der Waals surface area contributed by atoms with Crippen molar-refractivity contribution >= 4 is 33.5 Å². The number of aliphatic carboxylic acids is 1. The second-order valence-electron chi connectivity index (χ2n) is 5.95. The number of halogens is 2. The van der Waals surface area contributed by atoms with Crippen molar-refractivity contribution in [3.63, 3.8) is 0 Å². The maximum Gasteiger partial charge on any atom is 0.305 e. The average Bonchev–Trinajstić information content (AvgIpc) is 2.42. The Labute approximate surface area is 139 Å². The predicted octanol–water partition coefficient (Wildman–Crippen LogP) is 4.71. The van der Waals surface area contributed by atoms with Gasteiger partial charge in [0.15, 0.2) is 0 Å². The smallest absolute Gasteiger partial charge is 0.305 e. The van der Waals surface area contributed by atoms with E-state index in [1.165, 1.54) is 6.42 Å². The molecule has 0 spiro atoms. The lowest BCUT2D eigenvalue weighted by molar-refractivity contribution is -0.141. The molecule has 1 aliphatic carbocycles. The van der Waals surface area contributed by atoms with E-state index in [-0.39, 0.29) is 12.0 Å². The summed E-state index contributed by atoms with van der Waals surface area (Å²) in [6.07, 6.45) is 5.56. The lowest BCUT2D eigenvalue weighted by Gasteiger charge is -2.44. The van der Waals surface area contributed by atoms with Gasteiger partial charge in [-0.3, -0.25) is 9.69 Å². The van der Waals surface area contributed by atoms with Crippen LogP contribution in [0.4, 0.5) is 0 Å². The third-order valence-corrected chi connectivity index (χ3v) is 5.47. The van der Waals surface area contributed by atoms with E-state index in [9.17, 15) is 9.90 Å². The van der Waals surface area contributed by atoms with Gasteiger partial charge in [0.1, 0.15) is 0 Å². The van der Waals surface area contributed by atoms with Crippen LogP contribution in [0, 0.1) is 0 Å². The molecule has 0 unspecified atom stereocenters. The van der Waals surface area contributed by atoms with Crippen LogP contribution in [-0.4, -0.2) is 28.6 Å². The van der Waals surface area contributed by atoms with Gasteiger partial charge in [0.2, 0.25) is 0 Å². The van der Waals surface area contributed by atoms with Crippen LogP contribution in [0.15, 0.2) is 22.7 Å². The number of carbonyl (C=O) groups is 1. The fourth-order valence-electron chi connectivity index (χ4n) is 3.26. The van der Waals surface area contributed by atoms with Gasteiger partial charge in [-0.25, -0.2) is 0 Å². The molecule has 0 aromatic heterocycles. The minimum atomic E-state index is -0.709. The van der Waals surface area contributed by atoms with Crippen LogP contribution < -0.4 is 0 Å². The SMILES string of the molecule is CN(Cc1ccc(Cl)cc1Br)C1(CC(=O)O)CCCCC1. The Morgan fingerprint density at radius 2 is 2.05 bits per heavy atom. The standard InChI is InChI=1S/C16H21BrClNO2/c1-19(11-12-5-6-13(18)9-14(12)17)16(10-15(20)21)7-3-2-4-8-16/h5-6,9H,2-4,7-8,10-11H2,1H3,(H,20,21). The lowest BCUT2D eigenvalue weighted by Crippen LogP contribution is -2.49. The quantitative estimate of drug-likeness (QED) is 0.811. The molecule has 1 saturated carbocycles. The minimum Gasteiger partial charge on any atom is -0.481 e. The number of hydrogen-bond acceptors (Lipinski definition) is 2. The number of benzene rings is 1. The lowest BCUT2D eigenvalue weighted by atomic mass is 9.78. The van der Waals surface area contributed by atoms with E-state index in [1.807, 2.05) is 25.2 Å². The van der Waals surface area contributed by atoms with Gasteiger partial charge in [-0.1, -0.05) is 52.9 Å². The molecule has 1 N–H and O–H groups in total. The molecule has 21 heavy (non-hydrogen) atoms. The molecule has 1 aromatic carbocycles. The van der Waals surface area contributed by atoms with Crippen LogP contribution >= 0.6 is 27.5 Å². The first-order chi connectivity index (χ1) is 9.93. The summed E-state index contributed by atoms with van der Waals surface area (Å²) in [6, 6.07) is 5.76. The van der Waals surface area contributed by atoms with Crippen LogP contribution in [0.5, 0.6) is 0 Å². The highest BCUT2D eigenvalue weighted by atomic mass is 79.9. The topological polar surface area (TPSA) is 40.5 Å². The van der Waals surface area contributed by atoms with E-state index in [0.717, 1.165) is 42.3 Å². The summed E-state index contributed by atoms with van der Waals surface area (Å²) in [5.74, 6) is -0.709. The van der Waals surface area contributed by atoms with Crippen molar-refractivity contribution in [1.82, 2.24) is 4.90 Å². The van der Waals surface area contributed by atoms with Gasteiger partial charge in [-0.2, -0.15) is 0 Å². The molecule has 0 saturated heterocycles. The van der Waals surface area contributed by atoms with Gasteiger partial charge in [0, 0.05) is 21.6 Å². The molecule has 1 aliphatic rings. The molecular weight excluding hydrogens is 354 g/mol. The summed E-state index contributed by atoms with van der Waals surface area (Å²) >= 11 is 9.52. The molecule has 0 aliphatic heterocycles. The Morgan fingerprint density at radius 3 is 2.62 bits per heavy atom. The maximum absolute atomic E-state index is 11.3. The van der Waals surface area contributed by atoms with E-state index in [2.05, 4.69) is 20.8 Å². The number of rotatable bonds is 5. The first kappa shape index (κ1) is 16.8. The summed E-state index contributed by atoms with van der Waals surface area (Å²) in [4.78, 5) is 13.5. The molecule has 1 aromatic rings. The van der Waals surface area contributed by atoms with E-state index >= 15 is 0 Å². The third kappa shape index (κ3) is 4.21. The molecule has 1 fully saturated rings. The zero-order valence-electron chi connectivity index (χ0n) is 12.2. The molecule has 0 amide bonds. The number of carboxylic acid groups (broad SMARTS) is 1. The molecule has 2 rings (SSSR count). The van der Waals surface area contributed by atoms with E-state index in [0.29, 0.717) is 5.02 Å². The Hall–Kier alpha value is -0.580. The Balaban J connectivity index is 2.17. The number of hydrogen-bond donors (Lipinski definition) is 1. The molecule has 3 nitrogen and oxygen atoms in total. The van der Waals surface area contributed by atoms with Crippen LogP contribution in [0.2, 0.25) is 5.02 Å². The number of carboxylic acids is 1. The van der Waals surface area contributed by atoms with Gasteiger partial charge in [0.05, 0.1) is 6.42 Å². The van der Waals surface area contributed by atoms with Crippen molar-refractivity contribution in [3.05, 3.63) is 33.3 Å². The first-order valence-corrected chi connectivity index (χ1v) is 8.47. The zero-order chi connectivity index (χ0) is 15.5. The Kier molecular flexibility index (Phi) is 5.69. The molecule has 5 heteroatoms. The summed E-state index contributed by atoms with van der Waals surface area (Å²) in [5, 5.41) is 9.98. The van der Waals surface area contributed by atoms with E-state index in [4.69, 9.17) is 11.6 Å². The third-order valence-electron chi connectivity index (χ3n) is 4.50. The average molecular weight is 375 g/mol. The fourth-order valence-corrected chi connectivity index (χ4v) is 4.07. The van der Waals surface area contributed by atoms with Crippen molar-refractivity contribution in [3.8, 4) is 0 Å². The highest BCUT2D eigenvalue weighted by molar-refractivity contribution is 9.10. The van der Waals surface area contributed by atoms with E-state index in [1.54, 1.807) is 0 Å². The van der Waals surface area contributed by atoms with Crippen LogP contribution in [-0.2, 0) is 11.3 Å². The number of nitrogens with zero attached hydrogens (tertiary/aromatic N) is 1. The fraction of sp³-hybridized carbons (Fsp3) is 0.562. The van der Waals surface area contributed by atoms with Gasteiger partial charge in [0.25, 0.3) is 0 Å². The van der Waals surface area contributed by atoms with E-state index < -0.39 is 5.97 Å². The van der Waals surface area contributed by atoms with Gasteiger partial charge in [-0.05, 0) is 37.6 Å². The second kappa shape index (κ2) is 7.12.